The van der Waals surface area contributed by atoms with Gasteiger partial charge in [-0.05, 0) is 36.8 Å². The number of aryl methyl sites for hydroxylation is 1. The van der Waals surface area contributed by atoms with E-state index in [-0.39, 0.29) is 6.04 Å². The van der Waals surface area contributed by atoms with Gasteiger partial charge in [-0.25, -0.2) is 0 Å². The summed E-state index contributed by atoms with van der Waals surface area (Å²) in [7, 11) is 0. The van der Waals surface area contributed by atoms with E-state index in [1.165, 1.54) is 16.0 Å². The Labute approximate surface area is 84.3 Å². The quantitative estimate of drug-likeness (QED) is 0.732. The molecule has 0 saturated heterocycles. The van der Waals surface area contributed by atoms with E-state index < -0.39 is 0 Å². The van der Waals surface area contributed by atoms with Crippen molar-refractivity contribution in [2.24, 2.45) is 5.73 Å². The van der Waals surface area contributed by atoms with Gasteiger partial charge in [-0.3, -0.25) is 0 Å². The van der Waals surface area contributed by atoms with Crippen molar-refractivity contribution in [3.63, 3.8) is 0 Å². The summed E-state index contributed by atoms with van der Waals surface area (Å²) in [4.78, 5) is 1.30. The molecule has 0 bridgehead atoms. The van der Waals surface area contributed by atoms with Crippen molar-refractivity contribution in [3.05, 3.63) is 34.0 Å². The molecule has 1 atom stereocenters. The molecule has 1 unspecified atom stereocenters. The zero-order chi connectivity index (χ0) is 9.84. The van der Waals surface area contributed by atoms with E-state index in [4.69, 9.17) is 5.73 Å². The maximum absolute atomic E-state index is 6.07. The predicted molar refractivity (Wildman–Crippen MR) is 60.0 cm³/mol. The maximum Gasteiger partial charge on any atom is 0.0429 e. The van der Waals surface area contributed by atoms with Crippen molar-refractivity contribution in [2.75, 3.05) is 0 Å². The summed E-state index contributed by atoms with van der Waals surface area (Å²) in [6, 6.07) is 2.27. The fourth-order valence-corrected chi connectivity index (χ4v) is 2.24. The van der Waals surface area contributed by atoms with E-state index in [2.05, 4.69) is 31.9 Å². The van der Waals surface area contributed by atoms with Crippen LogP contribution in [0.4, 0.5) is 0 Å². The van der Waals surface area contributed by atoms with Gasteiger partial charge in [0.15, 0.2) is 0 Å². The maximum atomic E-state index is 6.07. The average Bonchev–Trinajstić information content (AvgIpc) is 2.51. The van der Waals surface area contributed by atoms with E-state index in [1.807, 2.05) is 0 Å². The zero-order valence-electron chi connectivity index (χ0n) is 8.34. The lowest BCUT2D eigenvalue weighted by atomic mass is 10.0. The number of hydrogen-bond acceptors (Lipinski definition) is 2. The van der Waals surface area contributed by atoms with E-state index in [0.29, 0.717) is 0 Å². The lowest BCUT2D eigenvalue weighted by Crippen LogP contribution is -2.10. The van der Waals surface area contributed by atoms with Crippen LogP contribution in [-0.4, -0.2) is 0 Å². The molecule has 2 heteroatoms. The third-order valence-electron chi connectivity index (χ3n) is 2.25. The summed E-state index contributed by atoms with van der Waals surface area (Å²) in [5, 5.41) is 2.10. The Hall–Kier alpha value is -0.600. The summed E-state index contributed by atoms with van der Waals surface area (Å²) >= 11 is 1.74. The summed E-state index contributed by atoms with van der Waals surface area (Å²) in [5.74, 6) is 0. The van der Waals surface area contributed by atoms with E-state index >= 15 is 0 Å². The van der Waals surface area contributed by atoms with Crippen LogP contribution in [0.1, 0.15) is 36.2 Å². The highest BCUT2D eigenvalue weighted by Gasteiger charge is 2.10. The Balaban J connectivity index is 2.63. The van der Waals surface area contributed by atoms with Gasteiger partial charge in [-0.15, -0.1) is 11.3 Å². The molecule has 2 N–H and O–H groups in total. The molecule has 1 aromatic rings. The minimum atomic E-state index is 0.146. The molecule has 0 fully saturated rings. The highest BCUT2D eigenvalue weighted by molar-refractivity contribution is 7.10. The second-order valence-corrected chi connectivity index (χ2v) is 4.33. The fraction of sp³-hybridized carbons (Fsp3) is 0.455. The summed E-state index contributed by atoms with van der Waals surface area (Å²) < 4.78 is 0. The summed E-state index contributed by atoms with van der Waals surface area (Å²) in [6.45, 7) is 8.21. The number of nitrogens with two attached hydrogens (primary N) is 1. The first-order valence-corrected chi connectivity index (χ1v) is 5.49. The summed E-state index contributed by atoms with van der Waals surface area (Å²) in [5.41, 5.74) is 8.61. The number of hydrogen-bond donors (Lipinski definition) is 1. The van der Waals surface area contributed by atoms with Gasteiger partial charge in [-0.2, -0.15) is 0 Å². The number of rotatable bonds is 4. The zero-order valence-corrected chi connectivity index (χ0v) is 9.16. The minimum absolute atomic E-state index is 0.146. The first kappa shape index (κ1) is 10.5. The van der Waals surface area contributed by atoms with Crippen LogP contribution in [0.2, 0.25) is 0 Å². The van der Waals surface area contributed by atoms with Crippen molar-refractivity contribution >= 4 is 11.3 Å². The molecule has 0 aromatic carbocycles. The largest absolute Gasteiger partial charge is 0.323 e. The SMILES string of the molecule is C=C(CC)CC(N)c1sccc1C. The van der Waals surface area contributed by atoms with E-state index in [1.54, 1.807) is 11.3 Å². The van der Waals surface area contributed by atoms with Gasteiger partial charge >= 0.3 is 0 Å². The van der Waals surface area contributed by atoms with Crippen LogP contribution in [0.3, 0.4) is 0 Å². The molecule has 0 radical (unpaired) electrons. The molecule has 0 spiro atoms. The minimum Gasteiger partial charge on any atom is -0.323 e. The second-order valence-electron chi connectivity index (χ2n) is 3.38. The molecule has 72 valence electrons. The van der Waals surface area contributed by atoms with Gasteiger partial charge in [0, 0.05) is 10.9 Å². The van der Waals surface area contributed by atoms with Gasteiger partial charge in [0.1, 0.15) is 0 Å². The fourth-order valence-electron chi connectivity index (χ4n) is 1.31. The van der Waals surface area contributed by atoms with Crippen LogP contribution in [0, 0.1) is 6.92 Å². The van der Waals surface area contributed by atoms with Crippen LogP contribution in [0.5, 0.6) is 0 Å². The Bertz CT molecular complexity index is 288. The lowest BCUT2D eigenvalue weighted by molar-refractivity contribution is 0.710. The third kappa shape index (κ3) is 2.68. The Kier molecular flexibility index (Phi) is 3.70. The Morgan fingerprint density at radius 2 is 2.38 bits per heavy atom. The predicted octanol–water partition coefficient (Wildman–Crippen LogP) is 3.41. The van der Waals surface area contributed by atoms with Crippen LogP contribution >= 0.6 is 11.3 Å². The lowest BCUT2D eigenvalue weighted by Gasteiger charge is -2.11. The standard InChI is InChI=1S/C11H17NS/c1-4-8(2)7-10(12)11-9(3)5-6-13-11/h5-6,10H,2,4,7,12H2,1,3H3. The molecule has 1 aromatic heterocycles. The van der Waals surface area contributed by atoms with Gasteiger partial charge in [0.2, 0.25) is 0 Å². The normalized spacial score (nSPS) is 12.8. The van der Waals surface area contributed by atoms with Crippen LogP contribution in [0.15, 0.2) is 23.6 Å². The smallest absolute Gasteiger partial charge is 0.0429 e. The molecule has 0 aliphatic rings. The average molecular weight is 195 g/mol. The first-order valence-electron chi connectivity index (χ1n) is 4.61. The van der Waals surface area contributed by atoms with Crippen LogP contribution in [0.25, 0.3) is 0 Å². The molecular formula is C11H17NS. The second kappa shape index (κ2) is 4.58. The monoisotopic (exact) mass is 195 g/mol. The third-order valence-corrected chi connectivity index (χ3v) is 3.40. The van der Waals surface area contributed by atoms with Crippen molar-refractivity contribution in [1.29, 1.82) is 0 Å². The van der Waals surface area contributed by atoms with Crippen molar-refractivity contribution in [1.82, 2.24) is 0 Å². The van der Waals surface area contributed by atoms with Crippen molar-refractivity contribution in [3.8, 4) is 0 Å². The Morgan fingerprint density at radius 3 is 2.85 bits per heavy atom. The molecule has 0 saturated carbocycles. The molecule has 13 heavy (non-hydrogen) atoms. The van der Waals surface area contributed by atoms with Crippen LogP contribution in [-0.2, 0) is 0 Å². The van der Waals surface area contributed by atoms with Crippen molar-refractivity contribution in [2.45, 2.75) is 32.7 Å². The topological polar surface area (TPSA) is 26.0 Å². The number of thiophene rings is 1. The molecule has 1 heterocycles. The van der Waals surface area contributed by atoms with Gasteiger partial charge < -0.3 is 5.73 Å². The molecule has 0 aliphatic heterocycles. The van der Waals surface area contributed by atoms with E-state index in [0.717, 1.165) is 12.8 Å². The Morgan fingerprint density at radius 1 is 1.69 bits per heavy atom. The van der Waals surface area contributed by atoms with Crippen molar-refractivity contribution < 1.29 is 0 Å². The van der Waals surface area contributed by atoms with Crippen LogP contribution < -0.4 is 5.73 Å². The molecule has 1 nitrogen and oxygen atoms in total. The first-order chi connectivity index (χ1) is 6.15. The van der Waals surface area contributed by atoms with Gasteiger partial charge in [-0.1, -0.05) is 19.1 Å². The highest BCUT2D eigenvalue weighted by Crippen LogP contribution is 2.26. The van der Waals surface area contributed by atoms with Gasteiger partial charge in [0.05, 0.1) is 0 Å². The summed E-state index contributed by atoms with van der Waals surface area (Å²) in [6.07, 6.45) is 1.94. The molecular weight excluding hydrogens is 178 g/mol. The van der Waals surface area contributed by atoms with Gasteiger partial charge in [0.25, 0.3) is 0 Å². The molecule has 1 rings (SSSR count). The highest BCUT2D eigenvalue weighted by atomic mass is 32.1. The van der Waals surface area contributed by atoms with E-state index in [9.17, 15) is 0 Å². The molecule has 0 aliphatic carbocycles. The molecule has 0 amide bonds.